The molecule has 0 atom stereocenters. The molecule has 2 aromatic carbocycles. The van der Waals surface area contributed by atoms with Crippen molar-refractivity contribution in [3.05, 3.63) is 65.2 Å². The first-order chi connectivity index (χ1) is 12.5. The molecule has 1 fully saturated rings. The molecule has 1 aliphatic heterocycles. The summed E-state index contributed by atoms with van der Waals surface area (Å²) in [7, 11) is 0. The van der Waals surface area contributed by atoms with Gasteiger partial charge in [0.15, 0.2) is 5.96 Å². The second kappa shape index (κ2) is 7.95. The number of halogens is 2. The van der Waals surface area contributed by atoms with Crippen molar-refractivity contribution in [1.29, 1.82) is 0 Å². The molecule has 136 valence electrons. The van der Waals surface area contributed by atoms with Gasteiger partial charge in [0.25, 0.3) is 0 Å². The number of anilines is 1. The Morgan fingerprint density at radius 2 is 2.00 bits per heavy atom. The highest BCUT2D eigenvalue weighted by molar-refractivity contribution is 5.92. The Bertz CT molecular complexity index is 838. The van der Waals surface area contributed by atoms with E-state index in [-0.39, 0.29) is 24.1 Å². The molecule has 0 unspecified atom stereocenters. The summed E-state index contributed by atoms with van der Waals surface area (Å²) in [6.45, 7) is 1.66. The van der Waals surface area contributed by atoms with Gasteiger partial charge in [-0.1, -0.05) is 24.3 Å². The number of rotatable bonds is 5. The summed E-state index contributed by atoms with van der Waals surface area (Å²) in [5, 5.41) is 2.56. The van der Waals surface area contributed by atoms with Crippen molar-refractivity contribution in [2.75, 3.05) is 11.9 Å². The van der Waals surface area contributed by atoms with Gasteiger partial charge in [0.05, 0.1) is 12.2 Å². The van der Waals surface area contributed by atoms with Crippen LogP contribution >= 0.6 is 0 Å². The number of guanidine groups is 1. The van der Waals surface area contributed by atoms with E-state index in [1.807, 2.05) is 29.2 Å². The number of nitrogens with two attached hydrogens (primary N) is 1. The van der Waals surface area contributed by atoms with Gasteiger partial charge in [0.1, 0.15) is 11.6 Å². The highest BCUT2D eigenvalue weighted by atomic mass is 19.1. The number of hydrogen-bond acceptors (Lipinski definition) is 2. The predicted octanol–water partition coefficient (Wildman–Crippen LogP) is 3.01. The zero-order valence-corrected chi connectivity index (χ0v) is 14.2. The average Bonchev–Trinajstić information content (AvgIpc) is 3.01. The number of amides is 1. The van der Waals surface area contributed by atoms with Crippen molar-refractivity contribution in [3.8, 4) is 0 Å². The van der Waals surface area contributed by atoms with Crippen LogP contribution < -0.4 is 11.1 Å². The fourth-order valence-electron chi connectivity index (χ4n) is 2.87. The van der Waals surface area contributed by atoms with Crippen molar-refractivity contribution in [1.82, 2.24) is 4.90 Å². The second-order valence-corrected chi connectivity index (χ2v) is 6.19. The summed E-state index contributed by atoms with van der Waals surface area (Å²) in [5.41, 5.74) is 7.63. The van der Waals surface area contributed by atoms with E-state index < -0.39 is 11.6 Å². The van der Waals surface area contributed by atoms with Crippen LogP contribution in [-0.4, -0.2) is 23.3 Å². The van der Waals surface area contributed by atoms with Crippen LogP contribution in [0, 0.1) is 11.6 Å². The molecule has 7 heteroatoms. The summed E-state index contributed by atoms with van der Waals surface area (Å²) in [5.74, 6) is -0.999. The van der Waals surface area contributed by atoms with Crippen LogP contribution in [0.3, 0.4) is 0 Å². The molecule has 1 saturated heterocycles. The molecule has 1 aliphatic rings. The molecule has 3 rings (SSSR count). The zero-order valence-electron chi connectivity index (χ0n) is 14.2. The minimum Gasteiger partial charge on any atom is -0.370 e. The lowest BCUT2D eigenvalue weighted by molar-refractivity contribution is -0.128. The number of nitrogens with zero attached hydrogens (tertiary/aromatic N) is 2. The van der Waals surface area contributed by atoms with E-state index in [1.54, 1.807) is 0 Å². The minimum atomic E-state index is -0.609. The first kappa shape index (κ1) is 17.8. The van der Waals surface area contributed by atoms with E-state index in [9.17, 15) is 13.6 Å². The van der Waals surface area contributed by atoms with Crippen LogP contribution in [0.2, 0.25) is 0 Å². The molecule has 0 aliphatic carbocycles. The van der Waals surface area contributed by atoms with Gasteiger partial charge in [-0.25, -0.2) is 13.8 Å². The number of nitrogens with one attached hydrogen (secondary N) is 1. The van der Waals surface area contributed by atoms with E-state index in [1.165, 1.54) is 0 Å². The lowest BCUT2D eigenvalue weighted by Gasteiger charge is -2.15. The second-order valence-electron chi connectivity index (χ2n) is 6.19. The Kier molecular flexibility index (Phi) is 5.46. The number of carbonyl (C=O) groups excluding carboxylic acids is 1. The summed E-state index contributed by atoms with van der Waals surface area (Å²) in [6.07, 6.45) is 1.52. The monoisotopic (exact) mass is 358 g/mol. The fraction of sp³-hybridized carbons (Fsp3) is 0.263. The van der Waals surface area contributed by atoms with Gasteiger partial charge in [-0.15, -0.1) is 0 Å². The highest BCUT2D eigenvalue weighted by Crippen LogP contribution is 2.16. The van der Waals surface area contributed by atoms with Gasteiger partial charge >= 0.3 is 0 Å². The molecule has 2 aromatic rings. The van der Waals surface area contributed by atoms with Crippen LogP contribution in [-0.2, 0) is 17.9 Å². The molecule has 5 nitrogen and oxygen atoms in total. The van der Waals surface area contributed by atoms with Crippen molar-refractivity contribution >= 4 is 17.6 Å². The topological polar surface area (TPSA) is 70.7 Å². The standard InChI is InChI=1S/C19H20F2N4O/c20-15-6-7-16(21)17(10-15)24-19(22)23-11-13-3-1-4-14(9-13)12-25-8-2-5-18(25)26/h1,3-4,6-7,9-10H,2,5,8,11-12H2,(H3,22,23,24). The minimum absolute atomic E-state index is 0.00498. The molecule has 1 heterocycles. The SMILES string of the molecule is NC(=NCc1cccc(CN2CCCC2=O)c1)Nc1cc(F)ccc1F. The molecular weight excluding hydrogens is 338 g/mol. The maximum Gasteiger partial charge on any atom is 0.222 e. The Balaban J connectivity index is 1.63. The molecule has 0 saturated carbocycles. The van der Waals surface area contributed by atoms with E-state index >= 15 is 0 Å². The van der Waals surface area contributed by atoms with Crippen molar-refractivity contribution in [2.45, 2.75) is 25.9 Å². The largest absolute Gasteiger partial charge is 0.370 e. The molecule has 1 amide bonds. The van der Waals surface area contributed by atoms with Crippen LogP contribution in [0.25, 0.3) is 0 Å². The van der Waals surface area contributed by atoms with Crippen LogP contribution in [0.15, 0.2) is 47.5 Å². The number of likely N-dealkylation sites (tertiary alicyclic amines) is 1. The van der Waals surface area contributed by atoms with Crippen LogP contribution in [0.5, 0.6) is 0 Å². The normalized spacial score (nSPS) is 14.8. The van der Waals surface area contributed by atoms with Crippen LogP contribution in [0.4, 0.5) is 14.5 Å². The Morgan fingerprint density at radius 3 is 2.77 bits per heavy atom. The maximum atomic E-state index is 13.6. The van der Waals surface area contributed by atoms with Gasteiger partial charge in [-0.05, 0) is 29.7 Å². The van der Waals surface area contributed by atoms with Crippen molar-refractivity contribution < 1.29 is 13.6 Å². The summed E-state index contributed by atoms with van der Waals surface area (Å²) in [4.78, 5) is 17.7. The first-order valence-electron chi connectivity index (χ1n) is 8.39. The third kappa shape index (κ3) is 4.56. The third-order valence-electron chi connectivity index (χ3n) is 4.16. The molecule has 3 N–H and O–H groups in total. The lowest BCUT2D eigenvalue weighted by Crippen LogP contribution is -2.24. The quantitative estimate of drug-likeness (QED) is 0.638. The Labute approximate surface area is 150 Å². The Morgan fingerprint density at radius 1 is 1.19 bits per heavy atom. The molecule has 0 spiro atoms. The molecular formula is C19H20F2N4O. The van der Waals surface area contributed by atoms with E-state index in [0.29, 0.717) is 13.0 Å². The molecule has 0 bridgehead atoms. The van der Waals surface area contributed by atoms with E-state index in [2.05, 4.69) is 10.3 Å². The lowest BCUT2D eigenvalue weighted by atomic mass is 10.1. The third-order valence-corrected chi connectivity index (χ3v) is 4.16. The predicted molar refractivity (Wildman–Crippen MR) is 96.4 cm³/mol. The summed E-state index contributed by atoms with van der Waals surface area (Å²) >= 11 is 0. The number of benzene rings is 2. The van der Waals surface area contributed by atoms with Crippen molar-refractivity contribution in [3.63, 3.8) is 0 Å². The number of hydrogen-bond donors (Lipinski definition) is 2. The van der Waals surface area contributed by atoms with E-state index in [4.69, 9.17) is 5.73 Å². The summed E-state index contributed by atoms with van der Waals surface area (Å²) < 4.78 is 26.8. The summed E-state index contributed by atoms with van der Waals surface area (Å²) in [6, 6.07) is 10.8. The number of carbonyl (C=O) groups is 1. The van der Waals surface area contributed by atoms with Gasteiger partial charge < -0.3 is 16.0 Å². The van der Waals surface area contributed by atoms with Gasteiger partial charge in [-0.2, -0.15) is 0 Å². The van der Waals surface area contributed by atoms with Crippen LogP contribution in [0.1, 0.15) is 24.0 Å². The average molecular weight is 358 g/mol. The zero-order chi connectivity index (χ0) is 18.5. The number of aliphatic imine (C=N–C) groups is 1. The highest BCUT2D eigenvalue weighted by Gasteiger charge is 2.19. The fourth-order valence-corrected chi connectivity index (χ4v) is 2.87. The maximum absolute atomic E-state index is 13.6. The molecule has 0 radical (unpaired) electrons. The van der Waals surface area contributed by atoms with Crippen molar-refractivity contribution in [2.24, 2.45) is 10.7 Å². The molecule has 0 aromatic heterocycles. The Hall–Kier alpha value is -2.96. The van der Waals surface area contributed by atoms with Gasteiger partial charge in [0, 0.05) is 25.6 Å². The van der Waals surface area contributed by atoms with E-state index in [0.717, 1.165) is 42.3 Å². The van der Waals surface area contributed by atoms with Gasteiger partial charge in [-0.3, -0.25) is 4.79 Å². The first-order valence-corrected chi connectivity index (χ1v) is 8.39. The van der Waals surface area contributed by atoms with Gasteiger partial charge in [0.2, 0.25) is 5.91 Å². The molecule has 26 heavy (non-hydrogen) atoms. The smallest absolute Gasteiger partial charge is 0.222 e.